The number of thioether (sulfide) groups is 1. The largest absolute Gasteiger partial charge is 0.481 e. The summed E-state index contributed by atoms with van der Waals surface area (Å²) in [6.45, 7) is 0.428. The SMILES string of the molecule is O=C(O)CC[C@@H](NC(=O)c1cccc(CNc2ccc(CC3SC(=S)NC3=O)cc2)c1)C(=O)O. The second-order valence-electron chi connectivity index (χ2n) is 7.63. The molecule has 1 saturated heterocycles. The van der Waals surface area contributed by atoms with Crippen molar-refractivity contribution in [1.82, 2.24) is 10.6 Å². The van der Waals surface area contributed by atoms with E-state index in [0.29, 0.717) is 17.3 Å². The van der Waals surface area contributed by atoms with Crippen LogP contribution in [0.25, 0.3) is 0 Å². The zero-order valence-electron chi connectivity index (χ0n) is 17.9. The summed E-state index contributed by atoms with van der Waals surface area (Å²) in [5.74, 6) is -3.07. The molecule has 2 amide bonds. The van der Waals surface area contributed by atoms with Crippen LogP contribution in [-0.4, -0.2) is 49.6 Å². The molecular formula is C23H23N3O6S2. The van der Waals surface area contributed by atoms with E-state index in [-0.39, 0.29) is 29.6 Å². The van der Waals surface area contributed by atoms with Gasteiger partial charge in [0.05, 0.1) is 5.25 Å². The number of carbonyl (C=O) groups excluding carboxylic acids is 2. The third kappa shape index (κ3) is 7.29. The van der Waals surface area contributed by atoms with E-state index < -0.39 is 23.9 Å². The molecule has 1 fully saturated rings. The van der Waals surface area contributed by atoms with Gasteiger partial charge in [-0.25, -0.2) is 4.79 Å². The van der Waals surface area contributed by atoms with Crippen LogP contribution in [-0.2, 0) is 27.3 Å². The van der Waals surface area contributed by atoms with Crippen LogP contribution in [0.1, 0.15) is 34.3 Å². The Labute approximate surface area is 205 Å². The summed E-state index contributed by atoms with van der Waals surface area (Å²) in [5.41, 5.74) is 2.96. The summed E-state index contributed by atoms with van der Waals surface area (Å²) in [7, 11) is 0. The van der Waals surface area contributed by atoms with E-state index in [1.807, 2.05) is 30.3 Å². The molecule has 0 bridgehead atoms. The number of aliphatic carboxylic acids is 2. The van der Waals surface area contributed by atoms with Gasteiger partial charge in [0.25, 0.3) is 5.91 Å². The zero-order valence-corrected chi connectivity index (χ0v) is 19.6. The summed E-state index contributed by atoms with van der Waals surface area (Å²) in [4.78, 5) is 46.3. The van der Waals surface area contributed by atoms with Crippen molar-refractivity contribution in [2.45, 2.75) is 37.1 Å². The molecule has 0 aliphatic carbocycles. The Morgan fingerprint density at radius 1 is 1.09 bits per heavy atom. The number of nitrogens with one attached hydrogen (secondary N) is 3. The van der Waals surface area contributed by atoms with Gasteiger partial charge in [-0.05, 0) is 48.2 Å². The Bertz CT molecular complexity index is 1110. The highest BCUT2D eigenvalue weighted by molar-refractivity contribution is 8.24. The molecule has 5 N–H and O–H groups in total. The average Bonchev–Trinajstić information content (AvgIpc) is 3.12. The summed E-state index contributed by atoms with van der Waals surface area (Å²) in [5, 5.41) is 26.0. The third-order valence-electron chi connectivity index (χ3n) is 5.08. The minimum atomic E-state index is -1.29. The molecule has 1 unspecified atom stereocenters. The van der Waals surface area contributed by atoms with Crippen LogP contribution in [0.4, 0.5) is 5.69 Å². The number of hydrogen-bond acceptors (Lipinski definition) is 7. The van der Waals surface area contributed by atoms with E-state index in [1.54, 1.807) is 18.2 Å². The summed E-state index contributed by atoms with van der Waals surface area (Å²) >= 11 is 6.37. The van der Waals surface area contributed by atoms with Crippen LogP contribution >= 0.6 is 24.0 Å². The van der Waals surface area contributed by atoms with Gasteiger partial charge < -0.3 is 26.2 Å². The molecule has 178 valence electrons. The number of anilines is 1. The van der Waals surface area contributed by atoms with Crippen molar-refractivity contribution in [3.05, 3.63) is 65.2 Å². The van der Waals surface area contributed by atoms with Crippen LogP contribution in [0.3, 0.4) is 0 Å². The fourth-order valence-electron chi connectivity index (χ4n) is 3.29. The van der Waals surface area contributed by atoms with Gasteiger partial charge in [0.15, 0.2) is 0 Å². The zero-order chi connectivity index (χ0) is 24.7. The maximum Gasteiger partial charge on any atom is 0.326 e. The first-order valence-corrected chi connectivity index (χ1v) is 11.7. The van der Waals surface area contributed by atoms with E-state index in [0.717, 1.165) is 16.8 Å². The Hall–Kier alpha value is -3.44. The Balaban J connectivity index is 1.55. The fourth-order valence-corrected chi connectivity index (χ4v) is 4.60. The second kappa shape index (κ2) is 11.6. The lowest BCUT2D eigenvalue weighted by atomic mass is 10.1. The Kier molecular flexibility index (Phi) is 8.61. The average molecular weight is 502 g/mol. The maximum atomic E-state index is 12.5. The van der Waals surface area contributed by atoms with Gasteiger partial charge >= 0.3 is 11.9 Å². The maximum absolute atomic E-state index is 12.5. The highest BCUT2D eigenvalue weighted by Gasteiger charge is 2.28. The van der Waals surface area contributed by atoms with Crippen LogP contribution in [0.15, 0.2) is 48.5 Å². The summed E-state index contributed by atoms with van der Waals surface area (Å²) in [6.07, 6.45) is 0.0163. The first-order chi connectivity index (χ1) is 16.2. The van der Waals surface area contributed by atoms with Crippen molar-refractivity contribution in [2.75, 3.05) is 5.32 Å². The van der Waals surface area contributed by atoms with Gasteiger partial charge in [0.2, 0.25) is 5.91 Å². The monoisotopic (exact) mass is 501 g/mol. The van der Waals surface area contributed by atoms with Crippen molar-refractivity contribution >= 4 is 57.7 Å². The fraction of sp³-hybridized carbons (Fsp3) is 0.261. The number of carbonyl (C=O) groups is 4. The number of rotatable bonds is 11. The standard InChI is InChI=1S/C23H23N3O6S2/c27-19(28)9-8-17(22(31)32)25-20(29)15-3-1-2-14(10-15)12-24-16-6-4-13(5-7-16)11-18-21(30)26-23(33)34-18/h1-7,10,17-18,24H,8-9,11-12H2,(H,25,29)(H,27,28)(H,31,32)(H,26,30,33)/t17-,18?/m1/s1. The van der Waals surface area contributed by atoms with Gasteiger partial charge in [-0.15, -0.1) is 0 Å². The van der Waals surface area contributed by atoms with Crippen molar-refractivity contribution in [3.8, 4) is 0 Å². The minimum absolute atomic E-state index is 0.0716. The molecule has 0 radical (unpaired) electrons. The normalized spacial score (nSPS) is 15.9. The molecule has 1 aliphatic rings. The number of amides is 2. The topological polar surface area (TPSA) is 145 Å². The van der Waals surface area contributed by atoms with E-state index in [4.69, 9.17) is 17.3 Å². The number of carboxylic acid groups (broad SMARTS) is 2. The van der Waals surface area contributed by atoms with Gasteiger partial charge in [0, 0.05) is 24.2 Å². The predicted molar refractivity (Wildman–Crippen MR) is 132 cm³/mol. The first kappa shape index (κ1) is 25.2. The Morgan fingerprint density at radius 2 is 1.82 bits per heavy atom. The van der Waals surface area contributed by atoms with E-state index in [9.17, 15) is 24.3 Å². The molecular weight excluding hydrogens is 478 g/mol. The van der Waals surface area contributed by atoms with Crippen molar-refractivity contribution in [3.63, 3.8) is 0 Å². The van der Waals surface area contributed by atoms with Gasteiger partial charge in [-0.2, -0.15) is 0 Å². The molecule has 0 spiro atoms. The van der Waals surface area contributed by atoms with E-state index >= 15 is 0 Å². The van der Waals surface area contributed by atoms with Crippen molar-refractivity contribution in [1.29, 1.82) is 0 Å². The lowest BCUT2D eigenvalue weighted by Gasteiger charge is -2.14. The molecule has 2 atom stereocenters. The first-order valence-electron chi connectivity index (χ1n) is 10.4. The molecule has 3 rings (SSSR count). The number of hydrogen-bond donors (Lipinski definition) is 5. The van der Waals surface area contributed by atoms with Gasteiger partial charge in [-0.1, -0.05) is 48.2 Å². The minimum Gasteiger partial charge on any atom is -0.481 e. The molecule has 11 heteroatoms. The van der Waals surface area contributed by atoms with Crippen molar-refractivity contribution < 1.29 is 29.4 Å². The number of thiocarbonyl (C=S) groups is 1. The molecule has 34 heavy (non-hydrogen) atoms. The van der Waals surface area contributed by atoms with Gasteiger partial charge in [0.1, 0.15) is 10.4 Å². The third-order valence-corrected chi connectivity index (χ3v) is 6.45. The predicted octanol–water partition coefficient (Wildman–Crippen LogP) is 2.41. The smallest absolute Gasteiger partial charge is 0.326 e. The second-order valence-corrected chi connectivity index (χ2v) is 9.51. The van der Waals surface area contributed by atoms with E-state index in [1.165, 1.54) is 11.8 Å². The van der Waals surface area contributed by atoms with Gasteiger partial charge in [-0.3, -0.25) is 14.4 Å². The van der Waals surface area contributed by atoms with Crippen molar-refractivity contribution in [2.24, 2.45) is 0 Å². The molecule has 0 saturated carbocycles. The number of carboxylic acids is 2. The molecule has 1 aliphatic heterocycles. The lowest BCUT2D eigenvalue weighted by molar-refractivity contribution is -0.140. The lowest BCUT2D eigenvalue weighted by Crippen LogP contribution is -2.41. The van der Waals surface area contributed by atoms with E-state index in [2.05, 4.69) is 16.0 Å². The van der Waals surface area contributed by atoms with Crippen LogP contribution in [0, 0.1) is 0 Å². The van der Waals surface area contributed by atoms with Crippen LogP contribution in [0.2, 0.25) is 0 Å². The number of benzene rings is 2. The highest BCUT2D eigenvalue weighted by atomic mass is 32.2. The van der Waals surface area contributed by atoms with Crippen LogP contribution in [0.5, 0.6) is 0 Å². The highest BCUT2D eigenvalue weighted by Crippen LogP contribution is 2.24. The molecule has 1 heterocycles. The summed E-state index contributed by atoms with van der Waals surface area (Å²) in [6, 6.07) is 13.1. The van der Waals surface area contributed by atoms with Crippen LogP contribution < -0.4 is 16.0 Å². The Morgan fingerprint density at radius 3 is 2.44 bits per heavy atom. The molecule has 2 aromatic rings. The molecule has 0 aromatic heterocycles. The molecule has 2 aromatic carbocycles. The summed E-state index contributed by atoms with van der Waals surface area (Å²) < 4.78 is 0.503. The molecule has 9 nitrogen and oxygen atoms in total. The quantitative estimate of drug-likeness (QED) is 0.293.